The van der Waals surface area contributed by atoms with Crippen molar-refractivity contribution in [1.29, 1.82) is 0 Å². The van der Waals surface area contributed by atoms with E-state index in [-0.39, 0.29) is 23.9 Å². The van der Waals surface area contributed by atoms with E-state index in [2.05, 4.69) is 0 Å². The Morgan fingerprint density at radius 3 is 2.67 bits per heavy atom. The van der Waals surface area contributed by atoms with Gasteiger partial charge < -0.3 is 9.64 Å². The fraction of sp³-hybridized carbons (Fsp3) is 0.385. The van der Waals surface area contributed by atoms with E-state index in [1.807, 2.05) is 30.3 Å². The van der Waals surface area contributed by atoms with Gasteiger partial charge in [0.1, 0.15) is 6.61 Å². The molecule has 1 aliphatic rings. The summed E-state index contributed by atoms with van der Waals surface area (Å²) in [6.45, 7) is 1.13. The van der Waals surface area contributed by atoms with E-state index in [0.29, 0.717) is 19.5 Å². The van der Waals surface area contributed by atoms with Crippen molar-refractivity contribution >= 4 is 22.9 Å². The Bertz CT molecular complexity index is 435. The molecule has 1 heterocycles. The quantitative estimate of drug-likeness (QED) is 0.790. The van der Waals surface area contributed by atoms with Crippen molar-refractivity contribution in [3.8, 4) is 0 Å². The smallest absolute Gasteiger partial charge is 0.410 e. The summed E-state index contributed by atoms with van der Waals surface area (Å²) in [5.74, 6) is -0.254. The van der Waals surface area contributed by atoms with E-state index < -0.39 is 0 Å². The highest BCUT2D eigenvalue weighted by molar-refractivity contribution is 6.64. The first kappa shape index (κ1) is 12.9. The maximum Gasteiger partial charge on any atom is 0.410 e. The van der Waals surface area contributed by atoms with Gasteiger partial charge in [-0.05, 0) is 23.6 Å². The van der Waals surface area contributed by atoms with Crippen molar-refractivity contribution < 1.29 is 14.3 Å². The number of hydrogen-bond donors (Lipinski definition) is 0. The lowest BCUT2D eigenvalue weighted by molar-refractivity contribution is -0.114. The number of hydrogen-bond acceptors (Lipinski definition) is 3. The highest BCUT2D eigenvalue weighted by Gasteiger charge is 2.30. The highest BCUT2D eigenvalue weighted by atomic mass is 35.5. The van der Waals surface area contributed by atoms with Gasteiger partial charge in [-0.3, -0.25) is 4.79 Å². The van der Waals surface area contributed by atoms with E-state index >= 15 is 0 Å². The summed E-state index contributed by atoms with van der Waals surface area (Å²) in [6, 6.07) is 9.47. The average Bonchev–Trinajstić information content (AvgIpc) is 2.87. The summed E-state index contributed by atoms with van der Waals surface area (Å²) in [7, 11) is 0. The molecule has 96 valence electrons. The first-order valence-electron chi connectivity index (χ1n) is 5.82. The normalized spacial score (nSPS) is 18.7. The zero-order chi connectivity index (χ0) is 13.0. The Morgan fingerprint density at radius 1 is 1.33 bits per heavy atom. The summed E-state index contributed by atoms with van der Waals surface area (Å²) in [4.78, 5) is 24.2. The van der Waals surface area contributed by atoms with Crippen molar-refractivity contribution in [2.45, 2.75) is 13.0 Å². The molecule has 0 saturated carbocycles. The largest absolute Gasteiger partial charge is 0.445 e. The van der Waals surface area contributed by atoms with E-state index in [4.69, 9.17) is 16.3 Å². The molecule has 1 aliphatic heterocycles. The van der Waals surface area contributed by atoms with Crippen LogP contribution in [-0.4, -0.2) is 29.3 Å². The van der Waals surface area contributed by atoms with Crippen LogP contribution in [0.2, 0.25) is 0 Å². The van der Waals surface area contributed by atoms with Gasteiger partial charge in [0.25, 0.3) is 0 Å². The van der Waals surface area contributed by atoms with Gasteiger partial charge in [-0.1, -0.05) is 30.3 Å². The lowest BCUT2D eigenvalue weighted by Crippen LogP contribution is -2.29. The second kappa shape index (κ2) is 5.87. The fourth-order valence-electron chi connectivity index (χ4n) is 1.92. The molecular weight excluding hydrogens is 254 g/mol. The van der Waals surface area contributed by atoms with Crippen LogP contribution in [0.4, 0.5) is 4.79 Å². The number of rotatable bonds is 3. The van der Waals surface area contributed by atoms with Crippen LogP contribution >= 0.6 is 11.6 Å². The van der Waals surface area contributed by atoms with E-state index in [0.717, 1.165) is 5.56 Å². The van der Waals surface area contributed by atoms with Crippen molar-refractivity contribution in [2.75, 3.05) is 13.1 Å². The van der Waals surface area contributed by atoms with Gasteiger partial charge in [0.05, 0.1) is 5.92 Å². The molecule has 0 unspecified atom stereocenters. The molecule has 0 aromatic heterocycles. The van der Waals surface area contributed by atoms with E-state index in [1.165, 1.54) is 4.90 Å². The monoisotopic (exact) mass is 267 g/mol. The van der Waals surface area contributed by atoms with E-state index in [1.54, 1.807) is 0 Å². The Balaban J connectivity index is 1.81. The first-order chi connectivity index (χ1) is 8.66. The van der Waals surface area contributed by atoms with Gasteiger partial charge >= 0.3 is 6.09 Å². The van der Waals surface area contributed by atoms with Gasteiger partial charge in [-0.15, -0.1) is 0 Å². The van der Waals surface area contributed by atoms with Crippen molar-refractivity contribution in [2.24, 2.45) is 5.92 Å². The average molecular weight is 268 g/mol. The first-order valence-corrected chi connectivity index (χ1v) is 6.19. The third-order valence-electron chi connectivity index (χ3n) is 2.97. The van der Waals surface area contributed by atoms with Crippen LogP contribution in [0.1, 0.15) is 12.0 Å². The fourth-order valence-corrected chi connectivity index (χ4v) is 2.10. The van der Waals surface area contributed by atoms with E-state index in [9.17, 15) is 9.59 Å². The standard InChI is InChI=1S/C13H14ClNO3/c14-12(16)11-6-7-15(8-11)13(17)18-9-10-4-2-1-3-5-10/h1-5,11H,6-9H2/t11-/m1/s1. The minimum atomic E-state index is -0.390. The Hall–Kier alpha value is -1.55. The molecule has 2 rings (SSSR count). The SMILES string of the molecule is O=C(Cl)[C@@H]1CCN(C(=O)OCc2ccccc2)C1. The zero-order valence-electron chi connectivity index (χ0n) is 9.84. The molecule has 1 fully saturated rings. The molecule has 0 bridgehead atoms. The summed E-state index contributed by atoms with van der Waals surface area (Å²) in [5.41, 5.74) is 0.940. The molecule has 0 N–H and O–H groups in total. The summed E-state index contributed by atoms with van der Waals surface area (Å²) in [6.07, 6.45) is 0.224. The summed E-state index contributed by atoms with van der Waals surface area (Å²) < 4.78 is 5.17. The molecule has 5 heteroatoms. The molecule has 4 nitrogen and oxygen atoms in total. The lowest BCUT2D eigenvalue weighted by Gasteiger charge is -2.15. The molecule has 0 radical (unpaired) electrons. The van der Waals surface area contributed by atoms with Gasteiger partial charge in [-0.2, -0.15) is 0 Å². The van der Waals surface area contributed by atoms with Crippen LogP contribution in [0.3, 0.4) is 0 Å². The number of benzene rings is 1. The summed E-state index contributed by atoms with van der Waals surface area (Å²) >= 11 is 5.41. The van der Waals surface area contributed by atoms with Crippen molar-refractivity contribution in [3.63, 3.8) is 0 Å². The van der Waals surface area contributed by atoms with Crippen molar-refractivity contribution in [1.82, 2.24) is 4.90 Å². The number of carbonyl (C=O) groups excluding carboxylic acids is 2. The van der Waals surface area contributed by atoms with Gasteiger partial charge in [0.2, 0.25) is 5.24 Å². The Labute approximate surface area is 110 Å². The molecule has 18 heavy (non-hydrogen) atoms. The molecular formula is C13H14ClNO3. The topological polar surface area (TPSA) is 46.6 Å². The minimum Gasteiger partial charge on any atom is -0.445 e. The van der Waals surface area contributed by atoms with Gasteiger partial charge in [0, 0.05) is 13.1 Å². The van der Waals surface area contributed by atoms with Crippen LogP contribution in [0.15, 0.2) is 30.3 Å². The number of carbonyl (C=O) groups is 2. The second-order valence-corrected chi connectivity index (χ2v) is 4.65. The third kappa shape index (κ3) is 3.23. The molecule has 0 spiro atoms. The number of nitrogens with zero attached hydrogens (tertiary/aromatic N) is 1. The van der Waals surface area contributed by atoms with Crippen LogP contribution in [0, 0.1) is 5.92 Å². The third-order valence-corrected chi connectivity index (χ3v) is 3.28. The maximum absolute atomic E-state index is 11.7. The second-order valence-electron chi connectivity index (χ2n) is 4.28. The molecule has 1 amide bonds. The number of ether oxygens (including phenoxy) is 1. The molecule has 1 saturated heterocycles. The van der Waals surface area contributed by atoms with Gasteiger partial charge in [-0.25, -0.2) is 4.79 Å². The molecule has 1 aromatic carbocycles. The Morgan fingerprint density at radius 2 is 2.06 bits per heavy atom. The number of likely N-dealkylation sites (tertiary alicyclic amines) is 1. The predicted octanol–water partition coefficient (Wildman–Crippen LogP) is 2.41. The van der Waals surface area contributed by atoms with Crippen LogP contribution < -0.4 is 0 Å². The lowest BCUT2D eigenvalue weighted by atomic mass is 10.1. The van der Waals surface area contributed by atoms with Crippen LogP contribution in [0.5, 0.6) is 0 Å². The maximum atomic E-state index is 11.7. The Kier molecular flexibility index (Phi) is 4.20. The zero-order valence-corrected chi connectivity index (χ0v) is 10.6. The highest BCUT2D eigenvalue weighted by Crippen LogP contribution is 2.19. The molecule has 0 aliphatic carbocycles. The summed E-state index contributed by atoms with van der Waals surface area (Å²) in [5, 5.41) is -0.381. The van der Waals surface area contributed by atoms with Crippen LogP contribution in [0.25, 0.3) is 0 Å². The number of halogens is 1. The molecule has 1 atom stereocenters. The minimum absolute atomic E-state index is 0.246. The molecule has 1 aromatic rings. The predicted molar refractivity (Wildman–Crippen MR) is 67.2 cm³/mol. The van der Waals surface area contributed by atoms with Crippen LogP contribution in [-0.2, 0) is 16.1 Å². The van der Waals surface area contributed by atoms with Gasteiger partial charge in [0.15, 0.2) is 0 Å². The van der Waals surface area contributed by atoms with Crippen molar-refractivity contribution in [3.05, 3.63) is 35.9 Å². The number of amides is 1.